The van der Waals surface area contributed by atoms with E-state index in [2.05, 4.69) is 29.4 Å². The summed E-state index contributed by atoms with van der Waals surface area (Å²) in [4.78, 5) is 7.34. The quantitative estimate of drug-likeness (QED) is 0.910. The molecule has 1 aromatic rings. The van der Waals surface area contributed by atoms with Gasteiger partial charge < -0.3 is 5.32 Å². The van der Waals surface area contributed by atoms with Gasteiger partial charge in [0.15, 0.2) is 0 Å². The van der Waals surface area contributed by atoms with Crippen LogP contribution in [0.2, 0.25) is 0 Å². The average molecular weight is 265 g/mol. The molecule has 0 spiro atoms. The van der Waals surface area contributed by atoms with Gasteiger partial charge in [0.05, 0.1) is 10.7 Å². The van der Waals surface area contributed by atoms with Crippen molar-refractivity contribution in [3.05, 3.63) is 16.1 Å². The Hall–Kier alpha value is -0.450. The molecule has 3 heterocycles. The van der Waals surface area contributed by atoms with E-state index in [-0.39, 0.29) is 0 Å². The Bertz CT molecular complexity index is 401. The van der Waals surface area contributed by atoms with E-state index in [0.29, 0.717) is 5.92 Å². The highest BCUT2D eigenvalue weighted by molar-refractivity contribution is 7.09. The Morgan fingerprint density at radius 2 is 2.39 bits per heavy atom. The van der Waals surface area contributed by atoms with Crippen molar-refractivity contribution in [2.75, 3.05) is 19.6 Å². The first kappa shape index (κ1) is 12.6. The highest BCUT2D eigenvalue weighted by Gasteiger charge is 2.32. The molecule has 2 saturated heterocycles. The van der Waals surface area contributed by atoms with E-state index in [4.69, 9.17) is 4.98 Å². The van der Waals surface area contributed by atoms with Gasteiger partial charge in [-0.2, -0.15) is 0 Å². The summed E-state index contributed by atoms with van der Waals surface area (Å²) in [7, 11) is 0. The molecule has 0 amide bonds. The molecule has 2 aliphatic rings. The summed E-state index contributed by atoms with van der Waals surface area (Å²) in [5.74, 6) is 1.44. The number of piperidine rings is 1. The second-order valence-electron chi connectivity index (χ2n) is 5.96. The van der Waals surface area contributed by atoms with Gasteiger partial charge in [0, 0.05) is 37.0 Å². The van der Waals surface area contributed by atoms with Gasteiger partial charge >= 0.3 is 0 Å². The summed E-state index contributed by atoms with van der Waals surface area (Å²) < 4.78 is 0. The van der Waals surface area contributed by atoms with E-state index in [9.17, 15) is 0 Å². The van der Waals surface area contributed by atoms with Crippen LogP contribution in [0.1, 0.15) is 43.3 Å². The van der Waals surface area contributed by atoms with Gasteiger partial charge in [-0.1, -0.05) is 13.8 Å². The fourth-order valence-corrected chi connectivity index (χ4v) is 3.98. The van der Waals surface area contributed by atoms with Crippen LogP contribution in [0.4, 0.5) is 0 Å². The smallest absolute Gasteiger partial charge is 0.0954 e. The summed E-state index contributed by atoms with van der Waals surface area (Å²) in [5, 5.41) is 7.15. The Balaban J connectivity index is 1.59. The highest BCUT2D eigenvalue weighted by atomic mass is 32.1. The lowest BCUT2D eigenvalue weighted by molar-refractivity contribution is 0.154. The Morgan fingerprint density at radius 1 is 1.50 bits per heavy atom. The van der Waals surface area contributed by atoms with Crippen molar-refractivity contribution in [1.29, 1.82) is 0 Å². The Labute approximate surface area is 114 Å². The number of fused-ring (bicyclic) bond motifs is 1. The normalized spacial score (nSPS) is 28.8. The first-order valence-corrected chi connectivity index (χ1v) is 8.00. The fourth-order valence-electron chi connectivity index (χ4n) is 3.16. The predicted molar refractivity (Wildman–Crippen MR) is 76.0 cm³/mol. The first-order valence-electron chi connectivity index (χ1n) is 7.12. The molecule has 2 atom stereocenters. The van der Waals surface area contributed by atoms with Crippen molar-refractivity contribution < 1.29 is 0 Å². The lowest BCUT2D eigenvalue weighted by Gasteiger charge is -2.34. The van der Waals surface area contributed by atoms with Gasteiger partial charge in [-0.3, -0.25) is 4.90 Å². The largest absolute Gasteiger partial charge is 0.314 e. The summed E-state index contributed by atoms with van der Waals surface area (Å²) in [5.41, 5.74) is 1.27. The maximum Gasteiger partial charge on any atom is 0.0954 e. The second kappa shape index (κ2) is 5.27. The van der Waals surface area contributed by atoms with Crippen LogP contribution in [0.25, 0.3) is 0 Å². The maximum atomic E-state index is 4.75. The molecule has 2 aliphatic heterocycles. The van der Waals surface area contributed by atoms with Crippen molar-refractivity contribution in [2.45, 2.75) is 45.2 Å². The van der Waals surface area contributed by atoms with Crippen molar-refractivity contribution >= 4 is 11.3 Å². The van der Waals surface area contributed by atoms with Crippen LogP contribution in [0.3, 0.4) is 0 Å². The number of hydrogen-bond acceptors (Lipinski definition) is 4. The number of nitrogens with one attached hydrogen (secondary N) is 1. The molecule has 2 unspecified atom stereocenters. The molecule has 4 heteroatoms. The third-order valence-corrected chi connectivity index (χ3v) is 5.38. The van der Waals surface area contributed by atoms with Crippen LogP contribution in [0.15, 0.2) is 5.38 Å². The molecular formula is C14H23N3S. The van der Waals surface area contributed by atoms with Crippen LogP contribution in [0.5, 0.6) is 0 Å². The van der Waals surface area contributed by atoms with Crippen LogP contribution >= 0.6 is 11.3 Å². The van der Waals surface area contributed by atoms with E-state index >= 15 is 0 Å². The molecule has 3 nitrogen and oxygen atoms in total. The number of nitrogens with zero attached hydrogens (tertiary/aromatic N) is 2. The third-order valence-electron chi connectivity index (χ3n) is 4.19. The molecule has 2 fully saturated rings. The van der Waals surface area contributed by atoms with Gasteiger partial charge in [0.25, 0.3) is 0 Å². The van der Waals surface area contributed by atoms with E-state index in [1.165, 1.54) is 43.2 Å². The molecule has 0 saturated carbocycles. The van der Waals surface area contributed by atoms with Crippen LogP contribution in [0, 0.1) is 5.92 Å². The number of thiazole rings is 1. The van der Waals surface area contributed by atoms with Crippen molar-refractivity contribution in [1.82, 2.24) is 15.2 Å². The summed E-state index contributed by atoms with van der Waals surface area (Å²) >= 11 is 1.82. The number of aromatic nitrogens is 1. The molecule has 0 aromatic carbocycles. The molecule has 0 radical (unpaired) electrons. The second-order valence-corrected chi connectivity index (χ2v) is 6.85. The van der Waals surface area contributed by atoms with Crippen molar-refractivity contribution in [3.63, 3.8) is 0 Å². The summed E-state index contributed by atoms with van der Waals surface area (Å²) in [6, 6.07) is 0.794. The minimum absolute atomic E-state index is 0.563. The minimum atomic E-state index is 0.563. The van der Waals surface area contributed by atoms with E-state index in [0.717, 1.165) is 18.5 Å². The third kappa shape index (κ3) is 2.60. The van der Waals surface area contributed by atoms with E-state index < -0.39 is 0 Å². The zero-order chi connectivity index (χ0) is 12.5. The maximum absolute atomic E-state index is 4.75. The molecule has 18 heavy (non-hydrogen) atoms. The van der Waals surface area contributed by atoms with Gasteiger partial charge in [-0.15, -0.1) is 11.3 Å². The number of hydrogen-bond donors (Lipinski definition) is 1. The van der Waals surface area contributed by atoms with Crippen molar-refractivity contribution in [2.24, 2.45) is 5.92 Å². The topological polar surface area (TPSA) is 28.2 Å². The SMILES string of the molecule is CC(C)c1nc(CN2CCC3NCCC3C2)cs1. The Kier molecular flexibility index (Phi) is 3.68. The van der Waals surface area contributed by atoms with Gasteiger partial charge in [0.2, 0.25) is 0 Å². The molecule has 1 N–H and O–H groups in total. The predicted octanol–water partition coefficient (Wildman–Crippen LogP) is 2.45. The summed E-state index contributed by atoms with van der Waals surface area (Å²) in [6.45, 7) is 9.19. The number of rotatable bonds is 3. The molecular weight excluding hydrogens is 242 g/mol. The molecule has 0 aliphatic carbocycles. The van der Waals surface area contributed by atoms with Crippen LogP contribution < -0.4 is 5.32 Å². The van der Waals surface area contributed by atoms with Crippen LogP contribution in [-0.4, -0.2) is 35.6 Å². The standard InChI is InChI=1S/C14H23N3S/c1-10(2)14-16-12(9-18-14)8-17-6-4-13-11(7-17)3-5-15-13/h9-11,13,15H,3-8H2,1-2H3. The van der Waals surface area contributed by atoms with Gasteiger partial charge in [-0.05, 0) is 25.3 Å². The first-order chi connectivity index (χ1) is 8.72. The zero-order valence-corrected chi connectivity index (χ0v) is 12.2. The molecule has 3 rings (SSSR count). The fraction of sp³-hybridized carbons (Fsp3) is 0.786. The monoisotopic (exact) mass is 265 g/mol. The van der Waals surface area contributed by atoms with Gasteiger partial charge in [-0.25, -0.2) is 4.98 Å². The number of likely N-dealkylation sites (tertiary alicyclic amines) is 1. The van der Waals surface area contributed by atoms with Crippen LogP contribution in [-0.2, 0) is 6.54 Å². The highest BCUT2D eigenvalue weighted by Crippen LogP contribution is 2.26. The Morgan fingerprint density at radius 3 is 3.17 bits per heavy atom. The molecule has 100 valence electrons. The molecule has 1 aromatic heterocycles. The summed E-state index contributed by atoms with van der Waals surface area (Å²) in [6.07, 6.45) is 2.67. The van der Waals surface area contributed by atoms with E-state index in [1.54, 1.807) is 0 Å². The average Bonchev–Trinajstić information content (AvgIpc) is 2.96. The van der Waals surface area contributed by atoms with Gasteiger partial charge in [0.1, 0.15) is 0 Å². The molecule has 0 bridgehead atoms. The zero-order valence-electron chi connectivity index (χ0n) is 11.4. The minimum Gasteiger partial charge on any atom is -0.314 e. The lowest BCUT2D eigenvalue weighted by atomic mass is 9.93. The lowest BCUT2D eigenvalue weighted by Crippen LogP contribution is -2.43. The van der Waals surface area contributed by atoms with E-state index in [1.807, 2.05) is 11.3 Å². The van der Waals surface area contributed by atoms with Crippen molar-refractivity contribution in [3.8, 4) is 0 Å².